The van der Waals surface area contributed by atoms with E-state index in [0.717, 1.165) is 19.3 Å². The lowest BCUT2D eigenvalue weighted by Crippen LogP contribution is -2.44. The topological polar surface area (TPSA) is 107 Å². The van der Waals surface area contributed by atoms with Crippen LogP contribution in [0.1, 0.15) is 36.2 Å². The molecule has 220 valence electrons. The SMILES string of the molecule is CC.CN1CCN(c2cc(F)c(-c3cnc(N4CCOCC4)nc3)cc2NC(=O)c2c[nH]c(=O)cc2C(F)F)CC1. The third-order valence-electron chi connectivity index (χ3n) is 6.86. The number of likely N-dealkylation sites (N-methyl/N-ethyl adjacent to an activating group) is 1. The Morgan fingerprint density at radius 2 is 1.66 bits per heavy atom. The zero-order valence-corrected chi connectivity index (χ0v) is 23.3. The van der Waals surface area contributed by atoms with Crippen LogP contribution in [0, 0.1) is 5.82 Å². The largest absolute Gasteiger partial charge is 0.378 e. The van der Waals surface area contributed by atoms with Gasteiger partial charge in [0, 0.05) is 80.6 Å². The molecule has 5 rings (SSSR count). The van der Waals surface area contributed by atoms with E-state index in [-0.39, 0.29) is 16.8 Å². The summed E-state index contributed by atoms with van der Waals surface area (Å²) < 4.78 is 48.1. The number of benzene rings is 1. The lowest BCUT2D eigenvalue weighted by atomic mass is 10.0. The minimum absolute atomic E-state index is 0.146. The van der Waals surface area contributed by atoms with E-state index in [1.807, 2.05) is 30.7 Å². The molecule has 0 bridgehead atoms. The van der Waals surface area contributed by atoms with Crippen molar-refractivity contribution in [3.63, 3.8) is 0 Å². The molecule has 2 saturated heterocycles. The van der Waals surface area contributed by atoms with Crippen LogP contribution < -0.4 is 20.7 Å². The molecule has 2 aromatic heterocycles. The van der Waals surface area contributed by atoms with Gasteiger partial charge in [-0.05, 0) is 19.2 Å². The van der Waals surface area contributed by atoms with E-state index in [4.69, 9.17) is 4.74 Å². The average Bonchev–Trinajstić information content (AvgIpc) is 3.00. The summed E-state index contributed by atoms with van der Waals surface area (Å²) in [7, 11) is 1.98. The van der Waals surface area contributed by atoms with Crippen molar-refractivity contribution in [3.8, 4) is 11.1 Å². The maximum atomic E-state index is 15.5. The first kappa shape index (κ1) is 30.0. The monoisotopic (exact) mass is 573 g/mol. The van der Waals surface area contributed by atoms with Gasteiger partial charge in [-0.15, -0.1) is 0 Å². The van der Waals surface area contributed by atoms with Crippen molar-refractivity contribution < 1.29 is 22.7 Å². The van der Waals surface area contributed by atoms with Crippen LogP contribution in [0.5, 0.6) is 0 Å². The molecule has 10 nitrogen and oxygen atoms in total. The normalized spacial score (nSPS) is 15.9. The number of nitrogens with zero attached hydrogens (tertiary/aromatic N) is 5. The van der Waals surface area contributed by atoms with Crippen molar-refractivity contribution in [2.75, 3.05) is 74.6 Å². The number of halogens is 3. The number of amides is 1. The summed E-state index contributed by atoms with van der Waals surface area (Å²) in [5.41, 5.74) is -0.611. The lowest BCUT2D eigenvalue weighted by Gasteiger charge is -2.35. The first-order valence-corrected chi connectivity index (χ1v) is 13.5. The standard InChI is InChI=1S/C26H28F3N7O3.C2H6/c1-34-2-4-35(5-3-34)22-12-20(27)17(16-13-31-26(32-14-16)36-6-8-39-9-7-36)10-21(22)33-25(38)19-15-30-23(37)11-18(19)24(28)29;1-2/h10-15,24H,2-9H2,1H3,(H,30,37)(H,33,38);1-2H3. The fourth-order valence-electron chi connectivity index (χ4n) is 4.63. The van der Waals surface area contributed by atoms with E-state index >= 15 is 4.39 Å². The molecular formula is C28H34F3N7O3. The summed E-state index contributed by atoms with van der Waals surface area (Å²) in [5.74, 6) is -0.891. The van der Waals surface area contributed by atoms with Gasteiger partial charge in [-0.1, -0.05) is 13.8 Å². The van der Waals surface area contributed by atoms with Gasteiger partial charge >= 0.3 is 0 Å². The number of anilines is 3. The van der Waals surface area contributed by atoms with Crippen molar-refractivity contribution in [3.05, 3.63) is 64.1 Å². The fourth-order valence-corrected chi connectivity index (χ4v) is 4.63. The van der Waals surface area contributed by atoms with Crippen molar-refractivity contribution in [1.82, 2.24) is 19.9 Å². The highest BCUT2D eigenvalue weighted by Crippen LogP contribution is 2.35. The quantitative estimate of drug-likeness (QED) is 0.459. The predicted octanol–water partition coefficient (Wildman–Crippen LogP) is 3.78. The number of aromatic nitrogens is 3. The number of alkyl halides is 2. The molecule has 13 heteroatoms. The number of H-pyrrole nitrogens is 1. The van der Waals surface area contributed by atoms with Crippen molar-refractivity contribution in [2.24, 2.45) is 0 Å². The minimum atomic E-state index is -3.03. The van der Waals surface area contributed by atoms with E-state index in [9.17, 15) is 18.4 Å². The van der Waals surface area contributed by atoms with Gasteiger partial charge in [0.15, 0.2) is 0 Å². The van der Waals surface area contributed by atoms with E-state index in [1.54, 1.807) is 0 Å². The Morgan fingerprint density at radius 3 is 2.29 bits per heavy atom. The Bertz CT molecular complexity index is 1390. The zero-order valence-electron chi connectivity index (χ0n) is 23.3. The molecule has 41 heavy (non-hydrogen) atoms. The maximum Gasteiger partial charge on any atom is 0.264 e. The van der Waals surface area contributed by atoms with Gasteiger partial charge in [0.25, 0.3) is 12.3 Å². The number of aromatic amines is 1. The van der Waals surface area contributed by atoms with Gasteiger partial charge in [-0.3, -0.25) is 9.59 Å². The van der Waals surface area contributed by atoms with Crippen LogP contribution in [-0.2, 0) is 4.74 Å². The van der Waals surface area contributed by atoms with Crippen LogP contribution in [0.15, 0.2) is 41.6 Å². The Kier molecular flexibility index (Phi) is 9.95. The Morgan fingerprint density at radius 1 is 1.00 bits per heavy atom. The van der Waals surface area contributed by atoms with Crippen LogP contribution in [-0.4, -0.2) is 85.3 Å². The third-order valence-corrected chi connectivity index (χ3v) is 6.86. The second-order valence-electron chi connectivity index (χ2n) is 9.43. The average molecular weight is 574 g/mol. The molecule has 1 aromatic carbocycles. The highest BCUT2D eigenvalue weighted by molar-refractivity contribution is 6.07. The number of rotatable bonds is 6. The number of nitrogens with one attached hydrogen (secondary N) is 2. The first-order valence-electron chi connectivity index (χ1n) is 13.5. The molecule has 4 heterocycles. The molecule has 2 aliphatic heterocycles. The summed E-state index contributed by atoms with van der Waals surface area (Å²) in [6.07, 6.45) is 0.940. The minimum Gasteiger partial charge on any atom is -0.378 e. The van der Waals surface area contributed by atoms with Crippen LogP contribution in [0.3, 0.4) is 0 Å². The van der Waals surface area contributed by atoms with Crippen LogP contribution in [0.2, 0.25) is 0 Å². The summed E-state index contributed by atoms with van der Waals surface area (Å²) >= 11 is 0. The van der Waals surface area contributed by atoms with Gasteiger partial charge < -0.3 is 29.7 Å². The molecule has 3 aromatic rings. The van der Waals surface area contributed by atoms with Crippen LogP contribution >= 0.6 is 0 Å². The first-order chi connectivity index (χ1) is 19.8. The number of carbonyl (C=O) groups excluding carboxylic acids is 1. The molecule has 0 unspecified atom stereocenters. The van der Waals surface area contributed by atoms with Gasteiger partial charge in [-0.2, -0.15) is 0 Å². The molecule has 0 atom stereocenters. The van der Waals surface area contributed by atoms with Crippen LogP contribution in [0.4, 0.5) is 30.5 Å². The summed E-state index contributed by atoms with van der Waals surface area (Å²) in [4.78, 5) is 41.8. The second-order valence-corrected chi connectivity index (χ2v) is 9.43. The predicted molar refractivity (Wildman–Crippen MR) is 151 cm³/mol. The Hall–Kier alpha value is -3.97. The van der Waals surface area contributed by atoms with E-state index in [0.29, 0.717) is 62.7 Å². The Balaban J connectivity index is 0.00000189. The van der Waals surface area contributed by atoms with Crippen LogP contribution in [0.25, 0.3) is 11.1 Å². The smallest absolute Gasteiger partial charge is 0.264 e. The number of hydrogen-bond donors (Lipinski definition) is 2. The third kappa shape index (κ3) is 7.03. The van der Waals surface area contributed by atoms with E-state index in [2.05, 4.69) is 25.2 Å². The highest BCUT2D eigenvalue weighted by Gasteiger charge is 2.24. The number of morpholine rings is 1. The maximum absolute atomic E-state index is 15.5. The Labute approximate surface area is 236 Å². The molecule has 2 fully saturated rings. The van der Waals surface area contributed by atoms with Gasteiger partial charge in [0.05, 0.1) is 30.2 Å². The molecule has 1 amide bonds. The summed E-state index contributed by atoms with van der Waals surface area (Å²) in [6, 6.07) is 3.49. The summed E-state index contributed by atoms with van der Waals surface area (Å²) in [6.45, 7) is 9.04. The molecule has 2 N–H and O–H groups in total. The van der Waals surface area contributed by atoms with Gasteiger partial charge in [0.1, 0.15) is 5.82 Å². The molecule has 0 spiro atoms. The molecule has 0 aliphatic carbocycles. The highest BCUT2D eigenvalue weighted by atomic mass is 19.3. The van der Waals surface area contributed by atoms with Gasteiger partial charge in [-0.25, -0.2) is 23.1 Å². The lowest BCUT2D eigenvalue weighted by molar-refractivity contribution is 0.101. The van der Waals surface area contributed by atoms with Crippen molar-refractivity contribution >= 4 is 23.2 Å². The van der Waals surface area contributed by atoms with E-state index in [1.165, 1.54) is 24.5 Å². The zero-order chi connectivity index (χ0) is 29.5. The van der Waals surface area contributed by atoms with Crippen molar-refractivity contribution in [1.29, 1.82) is 0 Å². The number of ether oxygens (including phenoxy) is 1. The number of pyridine rings is 1. The number of piperazine rings is 1. The number of carbonyl (C=O) groups is 1. The number of hydrogen-bond acceptors (Lipinski definition) is 8. The molecular weight excluding hydrogens is 539 g/mol. The molecule has 2 aliphatic rings. The van der Waals surface area contributed by atoms with Gasteiger partial charge in [0.2, 0.25) is 11.5 Å². The van der Waals surface area contributed by atoms with Crippen molar-refractivity contribution in [2.45, 2.75) is 20.3 Å². The molecule has 0 saturated carbocycles. The van der Waals surface area contributed by atoms with E-state index < -0.39 is 29.3 Å². The molecule has 0 radical (unpaired) electrons. The second kappa shape index (κ2) is 13.6. The summed E-state index contributed by atoms with van der Waals surface area (Å²) in [5, 5.41) is 2.67. The fraction of sp³-hybridized carbons (Fsp3) is 0.429.